The van der Waals surface area contributed by atoms with Gasteiger partial charge in [-0.1, -0.05) is 17.7 Å². The Morgan fingerprint density at radius 1 is 1.09 bits per heavy atom. The number of hydrogen-bond donors (Lipinski definition) is 5. The van der Waals surface area contributed by atoms with E-state index in [1.165, 1.54) is 19.4 Å². The molecule has 178 valence electrons. The molecule has 34 heavy (non-hydrogen) atoms. The number of phenolic OH excluding ortho intramolecular Hbond substituents is 1. The third-order valence-corrected chi connectivity index (χ3v) is 4.95. The molecule has 0 amide bonds. The standard InChI is InChI=1S/C23H23ClN4O6/c1-3-33-11-14-18(19-15(29)5-4-6-16(19)32-2)21(30)20(23(31)28-14)22(26)34-17(25)9-13-8-7-12(24)10-27-13/h4-8,10,25-26,29H,3,9,11H2,1-2H3,(H2,28,30,31). The fourth-order valence-electron chi connectivity index (χ4n) is 3.21. The Labute approximate surface area is 200 Å². The summed E-state index contributed by atoms with van der Waals surface area (Å²) in [5.74, 6) is -2.38. The Kier molecular flexibility index (Phi) is 7.87. The first-order chi connectivity index (χ1) is 16.3. The first-order valence-electron chi connectivity index (χ1n) is 10.1. The summed E-state index contributed by atoms with van der Waals surface area (Å²) in [6.45, 7) is 1.99. The first-order valence-corrected chi connectivity index (χ1v) is 10.5. The van der Waals surface area contributed by atoms with Crippen molar-refractivity contribution in [2.75, 3.05) is 13.7 Å². The number of benzene rings is 1. The topological polar surface area (TPSA) is 162 Å². The Bertz CT molecular complexity index is 1220. The van der Waals surface area contributed by atoms with Gasteiger partial charge in [-0.25, -0.2) is 4.98 Å². The molecule has 0 saturated heterocycles. The van der Waals surface area contributed by atoms with Gasteiger partial charge < -0.3 is 29.5 Å². The van der Waals surface area contributed by atoms with Crippen LogP contribution in [0.4, 0.5) is 0 Å². The fourth-order valence-corrected chi connectivity index (χ4v) is 3.32. The van der Waals surface area contributed by atoms with Crippen LogP contribution in [0.5, 0.6) is 23.1 Å². The van der Waals surface area contributed by atoms with Gasteiger partial charge in [0.05, 0.1) is 42.0 Å². The molecular weight excluding hydrogens is 464 g/mol. The third kappa shape index (κ3) is 5.36. The highest BCUT2D eigenvalue weighted by molar-refractivity contribution is 6.30. The minimum absolute atomic E-state index is 0.00421. The molecule has 0 aliphatic rings. The molecule has 0 unspecified atom stereocenters. The van der Waals surface area contributed by atoms with Gasteiger partial charge >= 0.3 is 0 Å². The van der Waals surface area contributed by atoms with Crippen molar-refractivity contribution in [3.63, 3.8) is 0 Å². The molecule has 2 aromatic heterocycles. The Morgan fingerprint density at radius 3 is 2.50 bits per heavy atom. The predicted octanol–water partition coefficient (Wildman–Crippen LogP) is 4.02. The number of rotatable bonds is 8. The molecule has 3 aromatic rings. The van der Waals surface area contributed by atoms with Crippen molar-refractivity contribution in [3.8, 4) is 34.3 Å². The lowest BCUT2D eigenvalue weighted by molar-refractivity contribution is 0.131. The highest BCUT2D eigenvalue weighted by atomic mass is 35.5. The summed E-state index contributed by atoms with van der Waals surface area (Å²) in [6, 6.07) is 7.73. The van der Waals surface area contributed by atoms with Crippen molar-refractivity contribution in [2.24, 2.45) is 0 Å². The molecule has 0 aliphatic carbocycles. The van der Waals surface area contributed by atoms with E-state index in [-0.39, 0.29) is 47.2 Å². The van der Waals surface area contributed by atoms with Crippen LogP contribution < -0.4 is 4.74 Å². The Balaban J connectivity index is 2.03. The van der Waals surface area contributed by atoms with E-state index in [1.807, 2.05) is 0 Å². The van der Waals surface area contributed by atoms with Crippen LogP contribution in [-0.2, 0) is 22.5 Å². The normalized spacial score (nSPS) is 10.7. The van der Waals surface area contributed by atoms with Crippen LogP contribution in [0.1, 0.15) is 23.9 Å². The van der Waals surface area contributed by atoms with Gasteiger partial charge in [-0.15, -0.1) is 0 Å². The largest absolute Gasteiger partial charge is 0.507 e. The van der Waals surface area contributed by atoms with Crippen molar-refractivity contribution in [1.82, 2.24) is 9.97 Å². The maximum atomic E-state index is 11.1. The number of nitrogens with one attached hydrogen (secondary N) is 2. The lowest BCUT2D eigenvalue weighted by atomic mass is 9.98. The monoisotopic (exact) mass is 486 g/mol. The molecule has 0 fully saturated rings. The number of methoxy groups -OCH3 is 1. The van der Waals surface area contributed by atoms with E-state index in [4.69, 9.17) is 36.6 Å². The van der Waals surface area contributed by atoms with Gasteiger partial charge in [0, 0.05) is 18.5 Å². The van der Waals surface area contributed by atoms with E-state index in [1.54, 1.807) is 31.2 Å². The summed E-state index contributed by atoms with van der Waals surface area (Å²) in [5.41, 5.74) is 0.207. The van der Waals surface area contributed by atoms with Crippen molar-refractivity contribution in [1.29, 1.82) is 10.8 Å². The molecule has 0 aliphatic heterocycles. The minimum atomic E-state index is -0.722. The maximum Gasteiger partial charge on any atom is 0.230 e. The number of halogens is 1. The number of aromatic hydroxyl groups is 3. The zero-order chi connectivity index (χ0) is 24.8. The molecule has 1 aromatic carbocycles. The summed E-state index contributed by atoms with van der Waals surface area (Å²) in [6.07, 6.45) is 1.36. The van der Waals surface area contributed by atoms with Gasteiger partial charge in [0.15, 0.2) is 5.90 Å². The van der Waals surface area contributed by atoms with E-state index in [0.29, 0.717) is 17.3 Å². The molecule has 0 bridgehead atoms. The number of phenols is 1. The molecule has 11 heteroatoms. The summed E-state index contributed by atoms with van der Waals surface area (Å²) < 4.78 is 16.0. The van der Waals surface area contributed by atoms with Gasteiger partial charge in [0.2, 0.25) is 11.8 Å². The van der Waals surface area contributed by atoms with Crippen molar-refractivity contribution < 1.29 is 29.5 Å². The number of aromatic nitrogens is 2. The van der Waals surface area contributed by atoms with E-state index in [0.717, 1.165) is 0 Å². The molecule has 0 spiro atoms. The zero-order valence-corrected chi connectivity index (χ0v) is 19.2. The molecule has 3 rings (SSSR count). The lowest BCUT2D eigenvalue weighted by Crippen LogP contribution is -2.16. The van der Waals surface area contributed by atoms with E-state index in [2.05, 4.69) is 9.97 Å². The highest BCUT2D eigenvalue weighted by Crippen LogP contribution is 2.46. The average molecular weight is 487 g/mol. The van der Waals surface area contributed by atoms with E-state index in [9.17, 15) is 15.3 Å². The van der Waals surface area contributed by atoms with Crippen LogP contribution in [0, 0.1) is 10.8 Å². The first kappa shape index (κ1) is 24.7. The SMILES string of the molecule is CCOCc1nc(O)c(C(=N)OC(=N)Cc2ccc(Cl)cn2)c(O)c1-c1c(O)cccc1OC. The van der Waals surface area contributed by atoms with Crippen LogP contribution in [0.15, 0.2) is 36.5 Å². The van der Waals surface area contributed by atoms with Crippen molar-refractivity contribution >= 4 is 23.4 Å². The van der Waals surface area contributed by atoms with Crippen molar-refractivity contribution in [2.45, 2.75) is 20.0 Å². The predicted molar refractivity (Wildman–Crippen MR) is 125 cm³/mol. The second-order valence-electron chi connectivity index (χ2n) is 6.97. The zero-order valence-electron chi connectivity index (χ0n) is 18.4. The Hall–Kier alpha value is -3.89. The van der Waals surface area contributed by atoms with Crippen molar-refractivity contribution in [3.05, 3.63) is 58.5 Å². The van der Waals surface area contributed by atoms with Crippen LogP contribution >= 0.6 is 11.6 Å². The highest BCUT2D eigenvalue weighted by Gasteiger charge is 2.28. The van der Waals surface area contributed by atoms with Crippen LogP contribution in [0.3, 0.4) is 0 Å². The van der Waals surface area contributed by atoms with E-state index >= 15 is 0 Å². The minimum Gasteiger partial charge on any atom is -0.507 e. The third-order valence-electron chi connectivity index (χ3n) is 4.73. The molecular formula is C23H23ClN4O6. The summed E-state index contributed by atoms with van der Waals surface area (Å²) >= 11 is 5.81. The van der Waals surface area contributed by atoms with Gasteiger partial charge in [-0.05, 0) is 31.2 Å². The van der Waals surface area contributed by atoms with Crippen LogP contribution in [-0.4, -0.2) is 50.8 Å². The lowest BCUT2D eigenvalue weighted by Gasteiger charge is -2.19. The molecule has 0 saturated carbocycles. The van der Waals surface area contributed by atoms with Gasteiger partial charge in [-0.3, -0.25) is 15.8 Å². The van der Waals surface area contributed by atoms with Gasteiger partial charge in [0.1, 0.15) is 22.8 Å². The second kappa shape index (κ2) is 10.8. The van der Waals surface area contributed by atoms with Gasteiger partial charge in [-0.2, -0.15) is 0 Å². The Morgan fingerprint density at radius 2 is 1.85 bits per heavy atom. The molecule has 2 heterocycles. The number of pyridine rings is 2. The molecule has 10 nitrogen and oxygen atoms in total. The smallest absolute Gasteiger partial charge is 0.230 e. The van der Waals surface area contributed by atoms with E-state index < -0.39 is 23.1 Å². The molecule has 0 atom stereocenters. The van der Waals surface area contributed by atoms with Crippen LogP contribution in [0.2, 0.25) is 5.02 Å². The molecule has 5 N–H and O–H groups in total. The maximum absolute atomic E-state index is 11.1. The average Bonchev–Trinajstić information content (AvgIpc) is 2.79. The quantitative estimate of drug-likeness (QED) is 0.235. The van der Waals surface area contributed by atoms with Gasteiger partial charge in [0.25, 0.3) is 0 Å². The molecule has 0 radical (unpaired) electrons. The summed E-state index contributed by atoms with van der Waals surface area (Å²) in [4.78, 5) is 8.14. The second-order valence-corrected chi connectivity index (χ2v) is 7.41. The summed E-state index contributed by atoms with van der Waals surface area (Å²) in [5, 5.41) is 48.9. The van der Waals surface area contributed by atoms with Crippen LogP contribution in [0.25, 0.3) is 11.1 Å². The number of ether oxygens (including phenoxy) is 3. The number of nitrogens with zero attached hydrogens (tertiary/aromatic N) is 2. The summed E-state index contributed by atoms with van der Waals surface area (Å²) in [7, 11) is 1.39. The fraction of sp³-hybridized carbons (Fsp3) is 0.217. The number of hydrogen-bond acceptors (Lipinski definition) is 10.